The van der Waals surface area contributed by atoms with Crippen LogP contribution >= 0.6 is 11.3 Å². The van der Waals surface area contributed by atoms with E-state index in [-0.39, 0.29) is 11.2 Å². The standard InChI is InChI=1S/C15H16OS/c1-15(2,3)14(16)12-9-10-17-13(12)11-7-5-4-6-8-11/h4-10H,1-3H3. The highest BCUT2D eigenvalue weighted by Crippen LogP contribution is 2.33. The molecule has 0 spiro atoms. The predicted octanol–water partition coefficient (Wildman–Crippen LogP) is 4.64. The van der Waals surface area contributed by atoms with Gasteiger partial charge in [-0.3, -0.25) is 4.79 Å². The molecular formula is C15H16OS. The largest absolute Gasteiger partial charge is 0.294 e. The third kappa shape index (κ3) is 2.47. The number of rotatable bonds is 2. The summed E-state index contributed by atoms with van der Waals surface area (Å²) >= 11 is 1.63. The fraction of sp³-hybridized carbons (Fsp3) is 0.267. The summed E-state index contributed by atoms with van der Waals surface area (Å²) in [5, 5.41) is 1.99. The van der Waals surface area contributed by atoms with E-state index >= 15 is 0 Å². The molecule has 0 fully saturated rings. The maximum Gasteiger partial charge on any atom is 0.169 e. The van der Waals surface area contributed by atoms with E-state index < -0.39 is 0 Å². The smallest absolute Gasteiger partial charge is 0.169 e. The van der Waals surface area contributed by atoms with E-state index in [2.05, 4.69) is 0 Å². The summed E-state index contributed by atoms with van der Waals surface area (Å²) < 4.78 is 0. The van der Waals surface area contributed by atoms with Crippen LogP contribution in [0.15, 0.2) is 41.8 Å². The number of Topliss-reactive ketones (excluding diaryl/α,β-unsaturated/α-hetero) is 1. The van der Waals surface area contributed by atoms with Crippen molar-refractivity contribution < 1.29 is 4.79 Å². The lowest BCUT2D eigenvalue weighted by Crippen LogP contribution is -2.20. The molecule has 0 aliphatic rings. The Morgan fingerprint density at radius 2 is 1.71 bits per heavy atom. The predicted molar refractivity (Wildman–Crippen MR) is 73.5 cm³/mol. The molecule has 1 heterocycles. The van der Waals surface area contributed by atoms with E-state index in [0.717, 1.165) is 16.0 Å². The van der Waals surface area contributed by atoms with Gasteiger partial charge in [0.25, 0.3) is 0 Å². The quantitative estimate of drug-likeness (QED) is 0.703. The highest BCUT2D eigenvalue weighted by Gasteiger charge is 2.25. The third-order valence-corrected chi connectivity index (χ3v) is 3.59. The zero-order chi connectivity index (χ0) is 12.5. The monoisotopic (exact) mass is 244 g/mol. The number of hydrogen-bond acceptors (Lipinski definition) is 2. The van der Waals surface area contributed by atoms with Crippen LogP contribution in [0.2, 0.25) is 0 Å². The SMILES string of the molecule is CC(C)(C)C(=O)c1ccsc1-c1ccccc1. The van der Waals surface area contributed by atoms with Crippen molar-refractivity contribution >= 4 is 17.1 Å². The van der Waals surface area contributed by atoms with Gasteiger partial charge in [-0.1, -0.05) is 51.1 Å². The summed E-state index contributed by atoms with van der Waals surface area (Å²) in [4.78, 5) is 13.4. The molecule has 0 saturated carbocycles. The van der Waals surface area contributed by atoms with Crippen molar-refractivity contribution in [3.05, 3.63) is 47.3 Å². The van der Waals surface area contributed by atoms with Crippen molar-refractivity contribution in [2.45, 2.75) is 20.8 Å². The maximum atomic E-state index is 12.3. The summed E-state index contributed by atoms with van der Waals surface area (Å²) in [6, 6.07) is 12.0. The second-order valence-electron chi connectivity index (χ2n) is 5.11. The molecule has 2 rings (SSSR count). The first-order valence-electron chi connectivity index (χ1n) is 5.68. The van der Waals surface area contributed by atoms with E-state index in [9.17, 15) is 4.79 Å². The Hall–Kier alpha value is -1.41. The molecule has 0 bridgehead atoms. The highest BCUT2D eigenvalue weighted by molar-refractivity contribution is 7.14. The van der Waals surface area contributed by atoms with Crippen molar-refractivity contribution in [3.8, 4) is 10.4 Å². The van der Waals surface area contributed by atoms with Gasteiger partial charge < -0.3 is 0 Å². The Kier molecular flexibility index (Phi) is 3.16. The molecule has 0 N–H and O–H groups in total. The lowest BCUT2D eigenvalue weighted by molar-refractivity contribution is 0.0859. The molecule has 1 aromatic heterocycles. The van der Waals surface area contributed by atoms with Crippen LogP contribution in [0.1, 0.15) is 31.1 Å². The number of ketones is 1. The first-order chi connectivity index (χ1) is 8.00. The molecule has 0 atom stereocenters. The van der Waals surface area contributed by atoms with E-state index in [1.807, 2.05) is 62.5 Å². The Labute approximate surface area is 106 Å². The minimum atomic E-state index is -0.329. The van der Waals surface area contributed by atoms with Crippen LogP contribution in [0.4, 0.5) is 0 Å². The van der Waals surface area contributed by atoms with Crippen LogP contribution in [0, 0.1) is 5.41 Å². The molecule has 2 heteroatoms. The molecule has 0 aliphatic carbocycles. The van der Waals surface area contributed by atoms with Gasteiger partial charge in [0, 0.05) is 15.9 Å². The highest BCUT2D eigenvalue weighted by atomic mass is 32.1. The van der Waals surface area contributed by atoms with E-state index in [4.69, 9.17) is 0 Å². The van der Waals surface area contributed by atoms with Gasteiger partial charge in [0.15, 0.2) is 5.78 Å². The average Bonchev–Trinajstić information content (AvgIpc) is 2.76. The summed E-state index contributed by atoms with van der Waals surface area (Å²) in [5.74, 6) is 0.206. The third-order valence-electron chi connectivity index (χ3n) is 2.63. The van der Waals surface area contributed by atoms with Crippen LogP contribution in [-0.4, -0.2) is 5.78 Å². The summed E-state index contributed by atoms with van der Waals surface area (Å²) in [7, 11) is 0. The Morgan fingerprint density at radius 1 is 1.06 bits per heavy atom. The molecule has 0 aliphatic heterocycles. The number of carbonyl (C=O) groups is 1. The van der Waals surface area contributed by atoms with Gasteiger partial charge >= 0.3 is 0 Å². The van der Waals surface area contributed by atoms with Gasteiger partial charge in [0.05, 0.1) is 0 Å². The van der Waals surface area contributed by atoms with E-state index in [1.165, 1.54) is 0 Å². The summed E-state index contributed by atoms with van der Waals surface area (Å²) in [6.45, 7) is 5.88. The molecular weight excluding hydrogens is 228 g/mol. The molecule has 17 heavy (non-hydrogen) atoms. The molecule has 0 unspecified atom stereocenters. The zero-order valence-corrected chi connectivity index (χ0v) is 11.2. The molecule has 88 valence electrons. The summed E-state index contributed by atoms with van der Waals surface area (Å²) in [6.07, 6.45) is 0. The van der Waals surface area contributed by atoms with Crippen molar-refractivity contribution in [2.24, 2.45) is 5.41 Å². The second-order valence-corrected chi connectivity index (χ2v) is 6.02. The van der Waals surface area contributed by atoms with E-state index in [1.54, 1.807) is 11.3 Å². The van der Waals surface area contributed by atoms with Gasteiger partial charge in [0.2, 0.25) is 0 Å². The van der Waals surface area contributed by atoms with Crippen LogP contribution in [0.25, 0.3) is 10.4 Å². The Balaban J connectivity index is 2.46. The topological polar surface area (TPSA) is 17.1 Å². The lowest BCUT2D eigenvalue weighted by Gasteiger charge is -2.16. The molecule has 1 nitrogen and oxygen atoms in total. The Bertz CT molecular complexity index is 517. The maximum absolute atomic E-state index is 12.3. The fourth-order valence-electron chi connectivity index (χ4n) is 1.71. The minimum absolute atomic E-state index is 0.206. The number of thiophene rings is 1. The van der Waals surface area contributed by atoms with Crippen molar-refractivity contribution in [1.29, 1.82) is 0 Å². The molecule has 0 radical (unpaired) electrons. The molecule has 0 saturated heterocycles. The first-order valence-corrected chi connectivity index (χ1v) is 6.56. The minimum Gasteiger partial charge on any atom is -0.294 e. The van der Waals surface area contributed by atoms with Gasteiger partial charge in [0.1, 0.15) is 0 Å². The van der Waals surface area contributed by atoms with Gasteiger partial charge in [-0.2, -0.15) is 0 Å². The van der Waals surface area contributed by atoms with Gasteiger partial charge in [-0.25, -0.2) is 0 Å². The zero-order valence-electron chi connectivity index (χ0n) is 10.4. The first kappa shape index (κ1) is 12.1. The van der Waals surface area contributed by atoms with Crippen LogP contribution < -0.4 is 0 Å². The summed E-state index contributed by atoms with van der Waals surface area (Å²) in [5.41, 5.74) is 1.63. The number of carbonyl (C=O) groups excluding carboxylic acids is 1. The molecule has 0 amide bonds. The van der Waals surface area contributed by atoms with Crippen molar-refractivity contribution in [2.75, 3.05) is 0 Å². The van der Waals surface area contributed by atoms with Crippen molar-refractivity contribution in [3.63, 3.8) is 0 Å². The fourth-order valence-corrected chi connectivity index (χ4v) is 2.61. The van der Waals surface area contributed by atoms with Gasteiger partial charge in [-0.05, 0) is 17.0 Å². The van der Waals surface area contributed by atoms with E-state index in [0.29, 0.717) is 0 Å². The Morgan fingerprint density at radius 3 is 2.29 bits per heavy atom. The lowest BCUT2D eigenvalue weighted by atomic mass is 9.86. The molecule has 2 aromatic rings. The number of hydrogen-bond donors (Lipinski definition) is 0. The normalized spacial score (nSPS) is 11.5. The second kappa shape index (κ2) is 4.46. The van der Waals surface area contributed by atoms with Crippen LogP contribution in [0.3, 0.4) is 0 Å². The van der Waals surface area contributed by atoms with Crippen LogP contribution in [-0.2, 0) is 0 Å². The van der Waals surface area contributed by atoms with Crippen LogP contribution in [0.5, 0.6) is 0 Å². The van der Waals surface area contributed by atoms with Crippen molar-refractivity contribution in [1.82, 2.24) is 0 Å². The molecule has 1 aromatic carbocycles. The average molecular weight is 244 g/mol. The number of benzene rings is 1. The van der Waals surface area contributed by atoms with Gasteiger partial charge in [-0.15, -0.1) is 11.3 Å².